The average molecular weight is 384 g/mol. The van der Waals surface area contributed by atoms with Crippen molar-refractivity contribution in [1.29, 1.82) is 0 Å². The fraction of sp³-hybridized carbons (Fsp3) is 0.211. The number of benzene rings is 2. The Morgan fingerprint density at radius 2 is 2.12 bits per heavy atom. The molecule has 1 aromatic heterocycles. The van der Waals surface area contributed by atoms with Gasteiger partial charge in [-0.1, -0.05) is 30.0 Å². The Hall–Kier alpha value is -2.38. The number of hydrogen-bond acceptors (Lipinski definition) is 6. The minimum absolute atomic E-state index is 0.339. The van der Waals surface area contributed by atoms with Gasteiger partial charge in [-0.2, -0.15) is 0 Å². The standard InChI is InChI=1S/C19H16N2O3S2/c1-19(10-11-5-3-4-6-13(11)16(22)24-19)17(23)20-12-7-8-14-15(9-12)26-18(21-14)25-2/h3-9H,10H2,1-2H3,(H,20,23). The van der Waals surface area contributed by atoms with Crippen LogP contribution in [-0.2, 0) is 16.0 Å². The second-order valence-electron chi connectivity index (χ2n) is 6.27. The van der Waals surface area contributed by atoms with Crippen LogP contribution in [0.25, 0.3) is 10.2 Å². The lowest BCUT2D eigenvalue weighted by molar-refractivity contribution is -0.134. The lowest BCUT2D eigenvalue weighted by atomic mass is 9.89. The van der Waals surface area contributed by atoms with Gasteiger partial charge in [0.2, 0.25) is 0 Å². The summed E-state index contributed by atoms with van der Waals surface area (Å²) in [6, 6.07) is 12.8. The van der Waals surface area contributed by atoms with Crippen LogP contribution >= 0.6 is 23.1 Å². The van der Waals surface area contributed by atoms with Crippen molar-refractivity contribution >= 4 is 50.9 Å². The molecule has 1 amide bonds. The minimum Gasteiger partial charge on any atom is -0.445 e. The lowest BCUT2D eigenvalue weighted by Crippen LogP contribution is -2.48. The Morgan fingerprint density at radius 1 is 1.31 bits per heavy atom. The van der Waals surface area contributed by atoms with Crippen LogP contribution in [0.15, 0.2) is 46.8 Å². The highest BCUT2D eigenvalue weighted by Gasteiger charge is 2.42. The Balaban J connectivity index is 1.59. The number of hydrogen-bond donors (Lipinski definition) is 1. The molecule has 132 valence electrons. The van der Waals surface area contributed by atoms with Crippen molar-refractivity contribution in [3.63, 3.8) is 0 Å². The van der Waals surface area contributed by atoms with Gasteiger partial charge in [-0.15, -0.1) is 11.3 Å². The summed E-state index contributed by atoms with van der Waals surface area (Å²) in [4.78, 5) is 29.6. The summed E-state index contributed by atoms with van der Waals surface area (Å²) in [6.45, 7) is 1.65. The Bertz CT molecular complexity index is 1030. The molecule has 1 N–H and O–H groups in total. The van der Waals surface area contributed by atoms with Crippen molar-refractivity contribution in [3.8, 4) is 0 Å². The van der Waals surface area contributed by atoms with E-state index in [9.17, 15) is 9.59 Å². The highest BCUT2D eigenvalue weighted by Crippen LogP contribution is 2.32. The maximum Gasteiger partial charge on any atom is 0.339 e. The molecule has 0 bridgehead atoms. The fourth-order valence-corrected chi connectivity index (χ4v) is 4.52. The molecule has 0 aliphatic carbocycles. The van der Waals surface area contributed by atoms with Gasteiger partial charge in [0.05, 0.1) is 15.8 Å². The maximum absolute atomic E-state index is 12.8. The number of amides is 1. The number of carbonyl (C=O) groups is 2. The molecule has 0 saturated heterocycles. The van der Waals surface area contributed by atoms with E-state index in [0.29, 0.717) is 17.7 Å². The van der Waals surface area contributed by atoms with Gasteiger partial charge >= 0.3 is 5.97 Å². The van der Waals surface area contributed by atoms with E-state index in [0.717, 1.165) is 20.1 Å². The second-order valence-corrected chi connectivity index (χ2v) is 8.36. The smallest absolute Gasteiger partial charge is 0.339 e. The predicted octanol–water partition coefficient (Wildman–Crippen LogP) is 4.13. The second kappa shape index (κ2) is 6.41. The largest absolute Gasteiger partial charge is 0.445 e. The number of fused-ring (bicyclic) bond motifs is 2. The molecular formula is C19H16N2O3S2. The summed E-state index contributed by atoms with van der Waals surface area (Å²) in [7, 11) is 0. The van der Waals surface area contributed by atoms with Gasteiger partial charge in [0.1, 0.15) is 0 Å². The van der Waals surface area contributed by atoms with Gasteiger partial charge in [0.25, 0.3) is 5.91 Å². The topological polar surface area (TPSA) is 68.3 Å². The van der Waals surface area contributed by atoms with Crippen LogP contribution in [0, 0.1) is 0 Å². The molecule has 1 atom stereocenters. The van der Waals surface area contributed by atoms with E-state index >= 15 is 0 Å². The van der Waals surface area contributed by atoms with Gasteiger partial charge < -0.3 is 10.1 Å². The molecule has 4 rings (SSSR count). The lowest BCUT2D eigenvalue weighted by Gasteiger charge is -2.33. The number of aromatic nitrogens is 1. The van der Waals surface area contributed by atoms with E-state index < -0.39 is 11.6 Å². The highest BCUT2D eigenvalue weighted by atomic mass is 32.2. The van der Waals surface area contributed by atoms with Crippen molar-refractivity contribution in [2.45, 2.75) is 23.3 Å². The molecule has 0 saturated carbocycles. The SMILES string of the molecule is CSc1nc2ccc(NC(=O)C3(C)Cc4ccccc4C(=O)O3)cc2s1. The van der Waals surface area contributed by atoms with Crippen molar-refractivity contribution < 1.29 is 14.3 Å². The summed E-state index contributed by atoms with van der Waals surface area (Å²) in [5.74, 6) is -0.804. The van der Waals surface area contributed by atoms with E-state index in [1.165, 1.54) is 0 Å². The molecule has 2 heterocycles. The van der Waals surface area contributed by atoms with Crippen LogP contribution in [0.4, 0.5) is 5.69 Å². The third-order valence-electron chi connectivity index (χ3n) is 4.36. The van der Waals surface area contributed by atoms with E-state index in [-0.39, 0.29) is 5.91 Å². The van der Waals surface area contributed by atoms with Gasteiger partial charge in [-0.3, -0.25) is 4.79 Å². The van der Waals surface area contributed by atoms with Crippen LogP contribution < -0.4 is 5.32 Å². The van der Waals surface area contributed by atoms with Gasteiger partial charge in [0, 0.05) is 12.1 Å². The van der Waals surface area contributed by atoms with Crippen molar-refractivity contribution in [2.24, 2.45) is 0 Å². The molecule has 1 unspecified atom stereocenters. The first-order valence-corrected chi connectivity index (χ1v) is 10.1. The molecule has 0 spiro atoms. The zero-order chi connectivity index (χ0) is 18.3. The first-order chi connectivity index (χ1) is 12.5. The molecule has 3 aromatic rings. The van der Waals surface area contributed by atoms with Crippen LogP contribution in [0.3, 0.4) is 0 Å². The normalized spacial score (nSPS) is 19.1. The van der Waals surface area contributed by atoms with E-state index in [1.54, 1.807) is 42.2 Å². The maximum atomic E-state index is 12.8. The van der Waals surface area contributed by atoms with E-state index in [4.69, 9.17) is 4.74 Å². The number of nitrogens with zero attached hydrogens (tertiary/aromatic N) is 1. The minimum atomic E-state index is -1.24. The Labute approximate surface area is 158 Å². The zero-order valence-electron chi connectivity index (χ0n) is 14.2. The quantitative estimate of drug-likeness (QED) is 0.543. The summed E-state index contributed by atoms with van der Waals surface area (Å²) < 4.78 is 7.46. The molecule has 0 radical (unpaired) electrons. The zero-order valence-corrected chi connectivity index (χ0v) is 15.9. The summed E-state index contributed by atoms with van der Waals surface area (Å²) in [5, 5.41) is 2.88. The summed E-state index contributed by atoms with van der Waals surface area (Å²) in [5.41, 5.74) is 1.67. The molecule has 7 heteroatoms. The highest BCUT2D eigenvalue weighted by molar-refractivity contribution is 8.00. The number of rotatable bonds is 3. The Morgan fingerprint density at radius 3 is 2.92 bits per heavy atom. The third kappa shape index (κ3) is 2.97. The fourth-order valence-electron chi connectivity index (χ4n) is 2.99. The van der Waals surface area contributed by atoms with E-state index in [1.807, 2.05) is 36.6 Å². The molecule has 26 heavy (non-hydrogen) atoms. The van der Waals surface area contributed by atoms with Gasteiger partial charge in [-0.25, -0.2) is 9.78 Å². The van der Waals surface area contributed by atoms with Gasteiger partial charge in [-0.05, 0) is 43.0 Å². The van der Waals surface area contributed by atoms with Crippen molar-refractivity contribution in [1.82, 2.24) is 4.98 Å². The molecule has 1 aliphatic rings. The number of anilines is 1. The number of carbonyl (C=O) groups excluding carboxylic acids is 2. The first kappa shape index (κ1) is 17.1. The van der Waals surface area contributed by atoms with Crippen LogP contribution in [0.2, 0.25) is 0 Å². The Kier molecular flexibility index (Phi) is 4.20. The van der Waals surface area contributed by atoms with Crippen LogP contribution in [-0.4, -0.2) is 28.7 Å². The van der Waals surface area contributed by atoms with Crippen LogP contribution in [0.5, 0.6) is 0 Å². The average Bonchev–Trinajstić information content (AvgIpc) is 3.04. The number of esters is 1. The number of thiazole rings is 1. The molecular weight excluding hydrogens is 368 g/mol. The third-order valence-corrected chi connectivity index (χ3v) is 6.37. The molecule has 5 nitrogen and oxygen atoms in total. The molecule has 2 aromatic carbocycles. The number of ether oxygens (including phenoxy) is 1. The molecule has 1 aliphatic heterocycles. The number of thioether (sulfide) groups is 1. The van der Waals surface area contributed by atoms with E-state index in [2.05, 4.69) is 10.3 Å². The summed E-state index contributed by atoms with van der Waals surface area (Å²) >= 11 is 3.17. The monoisotopic (exact) mass is 384 g/mol. The van der Waals surface area contributed by atoms with Crippen LogP contribution in [0.1, 0.15) is 22.8 Å². The number of cyclic esters (lactones) is 1. The first-order valence-electron chi connectivity index (χ1n) is 8.06. The van der Waals surface area contributed by atoms with Crippen molar-refractivity contribution in [3.05, 3.63) is 53.6 Å². The summed E-state index contributed by atoms with van der Waals surface area (Å²) in [6.07, 6.45) is 2.33. The molecule has 0 fully saturated rings. The van der Waals surface area contributed by atoms with Crippen molar-refractivity contribution in [2.75, 3.05) is 11.6 Å². The van der Waals surface area contributed by atoms with Gasteiger partial charge in [0.15, 0.2) is 9.94 Å². The number of nitrogens with one attached hydrogen (secondary N) is 1. The predicted molar refractivity (Wildman–Crippen MR) is 104 cm³/mol.